The number of hydrogen-bond acceptors (Lipinski definition) is 4. The second kappa shape index (κ2) is 1.77. The van der Waals surface area contributed by atoms with Crippen LogP contribution in [0.15, 0.2) is 0 Å². The molecule has 0 aliphatic heterocycles. The second-order valence-corrected chi connectivity index (χ2v) is 1.40. The van der Waals surface area contributed by atoms with Crippen LogP contribution in [-0.4, -0.2) is 8.05 Å². The lowest BCUT2D eigenvalue weighted by molar-refractivity contribution is -1.91. The van der Waals surface area contributed by atoms with Gasteiger partial charge in [0, 0.05) is 0 Å². The first-order valence-electron chi connectivity index (χ1n) is 0.853. The van der Waals surface area contributed by atoms with Crippen molar-refractivity contribution >= 4 is 8.05 Å². The van der Waals surface area contributed by atoms with Crippen molar-refractivity contribution in [2.75, 3.05) is 0 Å². The number of halogens is 1. The van der Waals surface area contributed by atoms with Crippen molar-refractivity contribution in [3.8, 4) is 0 Å². The summed E-state index contributed by atoms with van der Waals surface area (Å²) in [6.45, 7) is 0. The van der Waals surface area contributed by atoms with E-state index in [2.05, 4.69) is 12.3 Å². The molecule has 0 bridgehead atoms. The van der Waals surface area contributed by atoms with Gasteiger partial charge < -0.3 is 0 Å². The maximum atomic E-state index is 9.07. The summed E-state index contributed by atoms with van der Waals surface area (Å²) in [5, 5.41) is 0. The summed E-state index contributed by atoms with van der Waals surface area (Å²) in [5.41, 5.74) is 0. The molecule has 0 atom stereocenters. The first-order chi connectivity index (χ1) is 2.56. The number of rotatable bonds is 1. The van der Waals surface area contributed by atoms with Crippen LogP contribution in [0.3, 0.4) is 0 Å². The summed E-state index contributed by atoms with van der Waals surface area (Å²) < 4.78 is 30.0. The highest BCUT2D eigenvalue weighted by molar-refractivity contribution is 5.97. The maximum absolute atomic E-state index is 9.07. The van der Waals surface area contributed by atoms with Crippen molar-refractivity contribution < 1.29 is 28.4 Å². The van der Waals surface area contributed by atoms with Gasteiger partial charge in [-0.15, -0.1) is 0 Å². The molecule has 0 fully saturated rings. The molecule has 0 aliphatic carbocycles. The normalized spacial score (nSPS) is 11.8. The molecule has 0 aromatic heterocycles. The largest absolute Gasteiger partial charge is 0.539 e. The molecule has 0 aromatic rings. The van der Waals surface area contributed by atoms with E-state index < -0.39 is 10.2 Å². The molecule has 0 amide bonds. The van der Waals surface area contributed by atoms with E-state index in [0.29, 0.717) is 0 Å². The quantitative estimate of drug-likeness (QED) is 0.322. The topological polar surface area (TPSA) is 78.4 Å². The van der Waals surface area contributed by atoms with E-state index in [9.17, 15) is 0 Å². The van der Waals surface area contributed by atoms with Crippen molar-refractivity contribution in [3.05, 3.63) is 0 Å². The van der Waals surface area contributed by atoms with E-state index in [1.165, 1.54) is 0 Å². The Bertz CT molecular complexity index is 37.3. The lowest BCUT2D eigenvalue weighted by Crippen LogP contribution is -2.60. The van der Waals surface area contributed by atoms with E-state index in [1.54, 1.807) is 0 Å². The highest BCUT2D eigenvalue weighted by Crippen LogP contribution is 1.76. The van der Waals surface area contributed by atoms with Gasteiger partial charge >= 0.3 is 8.05 Å². The molecule has 2 radical (unpaired) electrons. The summed E-state index contributed by atoms with van der Waals surface area (Å²) >= 11 is 0. The van der Waals surface area contributed by atoms with Gasteiger partial charge in [0.1, 0.15) is 0 Å². The zero-order valence-corrected chi connectivity index (χ0v) is 3.34. The summed E-state index contributed by atoms with van der Waals surface area (Å²) in [4.78, 5) is 0. The van der Waals surface area contributed by atoms with Gasteiger partial charge in [-0.3, -0.25) is 0 Å². The van der Waals surface area contributed by atoms with Crippen molar-refractivity contribution in [1.82, 2.24) is 0 Å². The van der Waals surface area contributed by atoms with Crippen LogP contribution >= 0.6 is 0 Å². The lowest BCUT2D eigenvalue weighted by atomic mass is 10.6. The van der Waals surface area contributed by atoms with Crippen LogP contribution in [0.5, 0.6) is 0 Å². The first-order valence-corrected chi connectivity index (χ1v) is 2.09. The summed E-state index contributed by atoms with van der Waals surface area (Å²) in [5.74, 6) is 0. The molecule has 0 heterocycles. The SMILES string of the molecule is [B]O[Cl+3]([O-])([O-])[O-]. The zero-order chi connectivity index (χ0) is 5.21. The average Bonchev–Trinajstić information content (AvgIpc) is 1.35. The standard InChI is InChI=1S/BClO4/c1-6-2(3,4)5. The van der Waals surface area contributed by atoms with Crippen molar-refractivity contribution in [3.63, 3.8) is 0 Å². The molecule has 6 heteroatoms. The average molecular weight is 110 g/mol. The molecule has 0 aromatic carbocycles. The second-order valence-electron chi connectivity index (χ2n) is 0.467. The fourth-order valence-corrected chi connectivity index (χ4v) is 0. The molecule has 4 nitrogen and oxygen atoms in total. The van der Waals surface area contributed by atoms with Gasteiger partial charge in [0.15, 0.2) is 0 Å². The third kappa shape index (κ3) is 4.19. The van der Waals surface area contributed by atoms with E-state index in [4.69, 9.17) is 14.0 Å². The maximum Gasteiger partial charge on any atom is 0.539 e. The van der Waals surface area contributed by atoms with Crippen molar-refractivity contribution in [2.45, 2.75) is 0 Å². The van der Waals surface area contributed by atoms with Crippen molar-refractivity contribution in [1.29, 1.82) is 0 Å². The van der Waals surface area contributed by atoms with E-state index in [-0.39, 0.29) is 0 Å². The van der Waals surface area contributed by atoms with Gasteiger partial charge in [-0.25, -0.2) is 0 Å². The third-order valence-electron chi connectivity index (χ3n) is 0.109. The van der Waals surface area contributed by atoms with Crippen LogP contribution in [0.2, 0.25) is 0 Å². The van der Waals surface area contributed by atoms with Gasteiger partial charge in [0.25, 0.3) is 0 Å². The molecular formula is BClO4. The van der Waals surface area contributed by atoms with Crippen LogP contribution < -0.4 is 14.0 Å². The van der Waals surface area contributed by atoms with Crippen LogP contribution in [0, 0.1) is 10.2 Å². The monoisotopic (exact) mass is 110 g/mol. The molecular weight excluding hydrogens is 110 g/mol. The Morgan fingerprint density at radius 3 is 1.50 bits per heavy atom. The molecule has 6 heavy (non-hydrogen) atoms. The highest BCUT2D eigenvalue weighted by atomic mass is 35.7. The predicted octanol–water partition coefficient (Wildman–Crippen LogP) is -4.02. The smallest absolute Gasteiger partial charge is 0.185 e. The third-order valence-corrected chi connectivity index (χ3v) is 0.327. The fraction of sp³-hybridized carbons (Fsp3) is 0. The van der Waals surface area contributed by atoms with E-state index in [1.807, 2.05) is 0 Å². The Labute approximate surface area is 37.5 Å². The molecule has 0 spiro atoms. The summed E-state index contributed by atoms with van der Waals surface area (Å²) in [6.07, 6.45) is 0. The van der Waals surface area contributed by atoms with E-state index >= 15 is 0 Å². The minimum atomic E-state index is -4.40. The fourth-order valence-electron chi connectivity index (χ4n) is 0. The molecule has 0 rings (SSSR count). The summed E-state index contributed by atoms with van der Waals surface area (Å²) in [7, 11) is -0.507. The molecule has 0 saturated carbocycles. The van der Waals surface area contributed by atoms with Gasteiger partial charge in [0.2, 0.25) is 0 Å². The van der Waals surface area contributed by atoms with Crippen LogP contribution in [-0.2, 0) is 4.21 Å². The molecule has 0 saturated heterocycles. The zero-order valence-electron chi connectivity index (χ0n) is 2.59. The van der Waals surface area contributed by atoms with Crippen LogP contribution in [0.4, 0.5) is 0 Å². The Morgan fingerprint density at radius 2 is 1.50 bits per heavy atom. The minimum Gasteiger partial charge on any atom is -0.185 e. The van der Waals surface area contributed by atoms with Crippen LogP contribution in [0.1, 0.15) is 0 Å². The van der Waals surface area contributed by atoms with Crippen molar-refractivity contribution in [2.24, 2.45) is 0 Å². The van der Waals surface area contributed by atoms with Crippen LogP contribution in [0.25, 0.3) is 0 Å². The number of hydrogen-bond donors (Lipinski definition) is 0. The Morgan fingerprint density at radius 1 is 1.33 bits per heavy atom. The van der Waals surface area contributed by atoms with E-state index in [0.717, 1.165) is 0 Å². The highest BCUT2D eigenvalue weighted by Gasteiger charge is 2.07. The molecule has 0 N–H and O–H groups in total. The Balaban J connectivity index is 3.17. The van der Waals surface area contributed by atoms with Gasteiger partial charge in [0.05, 0.1) is 10.2 Å². The Hall–Kier alpha value is 0.195. The van der Waals surface area contributed by atoms with Gasteiger partial charge in [-0.1, -0.05) is 0 Å². The molecule has 34 valence electrons. The first kappa shape index (κ1) is 6.19. The van der Waals surface area contributed by atoms with Gasteiger partial charge in [-0.05, 0) is 4.21 Å². The van der Waals surface area contributed by atoms with Gasteiger partial charge in [-0.2, -0.15) is 14.0 Å². The Kier molecular flexibility index (Phi) is 1.82. The predicted molar refractivity (Wildman–Crippen MR) is 6.84 cm³/mol. The summed E-state index contributed by atoms with van der Waals surface area (Å²) in [6, 6.07) is 0. The minimum absolute atomic E-state index is 2.83. The lowest BCUT2D eigenvalue weighted by Gasteiger charge is -2.10. The molecule has 0 aliphatic rings. The molecule has 0 unspecified atom stereocenters.